The predicted molar refractivity (Wildman–Crippen MR) is 83.9 cm³/mol. The van der Waals surface area contributed by atoms with Gasteiger partial charge in [0.2, 0.25) is 0 Å². The van der Waals surface area contributed by atoms with E-state index in [9.17, 15) is 5.11 Å². The smallest absolute Gasteiger partial charge is 0.187 e. The first-order valence-corrected chi connectivity index (χ1v) is 8.40. The van der Waals surface area contributed by atoms with E-state index >= 15 is 0 Å². The fourth-order valence-electron chi connectivity index (χ4n) is 3.94. The van der Waals surface area contributed by atoms with E-state index in [1.165, 1.54) is 0 Å². The first kappa shape index (κ1) is 16.4. The average Bonchev–Trinajstić information content (AvgIpc) is 3.04. The summed E-state index contributed by atoms with van der Waals surface area (Å²) in [6.45, 7) is 3.78. The molecule has 1 saturated carbocycles. The maximum Gasteiger partial charge on any atom is 0.187 e. The normalized spacial score (nSPS) is 41.2. The van der Waals surface area contributed by atoms with Crippen LogP contribution in [0.3, 0.4) is 0 Å². The second-order valence-electron chi connectivity index (χ2n) is 7.12. The monoisotopic (exact) mass is 336 g/mol. The number of aliphatic hydroxyl groups excluding tert-OH is 1. The SMILES string of the molecule is COC1O[C@@]2(CC[C@H]2OC(O)c2ccccc2)C2OC(C)(C)OC12. The van der Waals surface area contributed by atoms with Crippen molar-refractivity contribution in [1.82, 2.24) is 0 Å². The Balaban J connectivity index is 1.53. The zero-order chi connectivity index (χ0) is 16.9. The maximum atomic E-state index is 10.4. The van der Waals surface area contributed by atoms with Crippen molar-refractivity contribution in [2.45, 2.75) is 69.0 Å². The highest BCUT2D eigenvalue weighted by atomic mass is 16.8. The van der Waals surface area contributed by atoms with Gasteiger partial charge in [-0.2, -0.15) is 0 Å². The van der Waals surface area contributed by atoms with Crippen LogP contribution in [0.2, 0.25) is 0 Å². The lowest BCUT2D eigenvalue weighted by molar-refractivity contribution is -0.313. The molecule has 4 unspecified atom stereocenters. The number of hydrogen-bond acceptors (Lipinski definition) is 6. The molecule has 2 heterocycles. The lowest BCUT2D eigenvalue weighted by Crippen LogP contribution is -2.61. The van der Waals surface area contributed by atoms with Crippen LogP contribution in [0.5, 0.6) is 0 Å². The highest BCUT2D eigenvalue weighted by Crippen LogP contribution is 2.54. The number of aliphatic hydroxyl groups is 1. The minimum atomic E-state index is -0.993. The minimum absolute atomic E-state index is 0.265. The zero-order valence-corrected chi connectivity index (χ0v) is 14.2. The second-order valence-corrected chi connectivity index (χ2v) is 7.12. The van der Waals surface area contributed by atoms with Crippen molar-refractivity contribution < 1.29 is 28.8 Å². The van der Waals surface area contributed by atoms with E-state index < -0.39 is 24.0 Å². The molecule has 2 saturated heterocycles. The number of fused-ring (bicyclic) bond motifs is 2. The molecule has 4 rings (SSSR count). The summed E-state index contributed by atoms with van der Waals surface area (Å²) in [7, 11) is 1.60. The topological polar surface area (TPSA) is 66.4 Å². The van der Waals surface area contributed by atoms with Crippen molar-refractivity contribution in [3.05, 3.63) is 35.9 Å². The Bertz CT molecular complexity index is 590. The largest absolute Gasteiger partial charge is 0.364 e. The van der Waals surface area contributed by atoms with Crippen LogP contribution in [-0.2, 0) is 23.7 Å². The summed E-state index contributed by atoms with van der Waals surface area (Å²) in [5.41, 5.74) is 0.0933. The molecule has 6 nitrogen and oxygen atoms in total. The number of rotatable bonds is 4. The molecule has 0 aromatic heterocycles. The van der Waals surface area contributed by atoms with Gasteiger partial charge in [-0.05, 0) is 26.7 Å². The van der Waals surface area contributed by atoms with Crippen molar-refractivity contribution in [3.63, 3.8) is 0 Å². The van der Waals surface area contributed by atoms with Crippen LogP contribution in [-0.4, -0.2) is 48.2 Å². The van der Waals surface area contributed by atoms with Gasteiger partial charge in [0.25, 0.3) is 0 Å². The van der Waals surface area contributed by atoms with Crippen molar-refractivity contribution in [1.29, 1.82) is 0 Å². The van der Waals surface area contributed by atoms with Crippen LogP contribution in [0.1, 0.15) is 38.5 Å². The molecule has 0 radical (unpaired) electrons. The molecular weight excluding hydrogens is 312 g/mol. The first-order chi connectivity index (χ1) is 11.5. The molecule has 6 atom stereocenters. The molecule has 132 valence electrons. The van der Waals surface area contributed by atoms with Crippen LogP contribution < -0.4 is 0 Å². The van der Waals surface area contributed by atoms with E-state index in [1.807, 2.05) is 44.2 Å². The molecule has 24 heavy (non-hydrogen) atoms. The number of hydrogen-bond donors (Lipinski definition) is 1. The van der Waals surface area contributed by atoms with Gasteiger partial charge < -0.3 is 28.8 Å². The van der Waals surface area contributed by atoms with Crippen molar-refractivity contribution in [2.24, 2.45) is 0 Å². The van der Waals surface area contributed by atoms with E-state index in [0.717, 1.165) is 18.4 Å². The third-order valence-electron chi connectivity index (χ3n) is 5.17. The van der Waals surface area contributed by atoms with Gasteiger partial charge in [0.05, 0.1) is 6.10 Å². The minimum Gasteiger partial charge on any atom is -0.364 e. The number of methoxy groups -OCH3 is 1. The average molecular weight is 336 g/mol. The fraction of sp³-hybridized carbons (Fsp3) is 0.667. The molecular formula is C18H24O6. The Morgan fingerprint density at radius 1 is 1.17 bits per heavy atom. The highest BCUT2D eigenvalue weighted by molar-refractivity contribution is 5.18. The molecule has 1 aromatic carbocycles. The summed E-state index contributed by atoms with van der Waals surface area (Å²) in [4.78, 5) is 0. The quantitative estimate of drug-likeness (QED) is 0.850. The summed E-state index contributed by atoms with van der Waals surface area (Å²) in [5, 5.41) is 10.4. The summed E-state index contributed by atoms with van der Waals surface area (Å²) in [5.74, 6) is -0.679. The van der Waals surface area contributed by atoms with E-state index in [1.54, 1.807) is 7.11 Å². The highest BCUT2D eigenvalue weighted by Gasteiger charge is 2.69. The molecule has 0 bridgehead atoms. The molecule has 0 amide bonds. The second kappa shape index (κ2) is 5.76. The van der Waals surface area contributed by atoms with E-state index in [-0.39, 0.29) is 18.3 Å². The summed E-state index contributed by atoms with van der Waals surface area (Å²) in [6, 6.07) is 9.33. The molecule has 1 aliphatic carbocycles. The van der Waals surface area contributed by atoms with Crippen LogP contribution in [0.4, 0.5) is 0 Å². The molecule has 1 N–H and O–H groups in total. The third-order valence-corrected chi connectivity index (χ3v) is 5.17. The zero-order valence-electron chi connectivity index (χ0n) is 14.2. The van der Waals surface area contributed by atoms with Crippen LogP contribution in [0, 0.1) is 0 Å². The van der Waals surface area contributed by atoms with Gasteiger partial charge in [-0.1, -0.05) is 30.3 Å². The molecule has 1 spiro atoms. The van der Waals surface area contributed by atoms with Gasteiger partial charge in [-0.3, -0.25) is 0 Å². The van der Waals surface area contributed by atoms with Crippen LogP contribution in [0.15, 0.2) is 30.3 Å². The number of benzene rings is 1. The van der Waals surface area contributed by atoms with Crippen molar-refractivity contribution in [3.8, 4) is 0 Å². The van der Waals surface area contributed by atoms with Gasteiger partial charge in [-0.25, -0.2) is 0 Å². The summed E-state index contributed by atoms with van der Waals surface area (Å²) < 4.78 is 29.5. The van der Waals surface area contributed by atoms with Crippen molar-refractivity contribution in [2.75, 3.05) is 7.11 Å². The Labute approximate surface area is 141 Å². The number of ether oxygens (including phenoxy) is 5. The Hall–Kier alpha value is -1.02. The molecule has 3 fully saturated rings. The fourth-order valence-corrected chi connectivity index (χ4v) is 3.94. The third kappa shape index (κ3) is 2.49. The van der Waals surface area contributed by atoms with Gasteiger partial charge in [0, 0.05) is 12.7 Å². The van der Waals surface area contributed by atoms with Crippen molar-refractivity contribution >= 4 is 0 Å². The molecule has 1 aromatic rings. The lowest BCUT2D eigenvalue weighted by atomic mass is 9.72. The first-order valence-electron chi connectivity index (χ1n) is 8.40. The van der Waals surface area contributed by atoms with Gasteiger partial charge in [0.1, 0.15) is 17.8 Å². The standard InChI is InChI=1S/C18H24O6/c1-17(2)22-13-14(23-17)18(24-16(13)20-3)10-9-12(18)21-15(19)11-7-5-4-6-8-11/h4-8,12-16,19H,9-10H2,1-3H3/t12-,13?,14?,15?,16?,18-/m1/s1. The Morgan fingerprint density at radius 3 is 2.54 bits per heavy atom. The Kier molecular flexibility index (Phi) is 3.95. The van der Waals surface area contributed by atoms with E-state index in [4.69, 9.17) is 23.7 Å². The predicted octanol–water partition coefficient (Wildman–Crippen LogP) is 2.12. The molecule has 6 heteroatoms. The Morgan fingerprint density at radius 2 is 1.92 bits per heavy atom. The summed E-state index contributed by atoms with van der Waals surface area (Å²) in [6.07, 6.45) is -0.709. The van der Waals surface area contributed by atoms with Crippen LogP contribution >= 0.6 is 0 Å². The van der Waals surface area contributed by atoms with Gasteiger partial charge in [-0.15, -0.1) is 0 Å². The molecule has 3 aliphatic rings. The lowest BCUT2D eigenvalue weighted by Gasteiger charge is -2.48. The summed E-state index contributed by atoms with van der Waals surface area (Å²) >= 11 is 0. The van der Waals surface area contributed by atoms with Gasteiger partial charge in [0.15, 0.2) is 18.4 Å². The maximum absolute atomic E-state index is 10.4. The van der Waals surface area contributed by atoms with E-state index in [0.29, 0.717) is 0 Å². The van der Waals surface area contributed by atoms with E-state index in [2.05, 4.69) is 0 Å². The van der Waals surface area contributed by atoms with Crippen LogP contribution in [0.25, 0.3) is 0 Å². The molecule has 2 aliphatic heterocycles. The van der Waals surface area contributed by atoms with Gasteiger partial charge >= 0.3 is 0 Å².